The van der Waals surface area contributed by atoms with Gasteiger partial charge in [-0.05, 0) is 44.9 Å². The summed E-state index contributed by atoms with van der Waals surface area (Å²) in [6.07, 6.45) is 7.62. The van der Waals surface area contributed by atoms with E-state index in [0.29, 0.717) is 18.9 Å². The predicted octanol–water partition coefficient (Wildman–Crippen LogP) is 0.961. The van der Waals surface area contributed by atoms with E-state index in [4.69, 9.17) is 4.74 Å². The van der Waals surface area contributed by atoms with Gasteiger partial charge in [-0.1, -0.05) is 0 Å². The number of carbonyl (C=O) groups excluding carboxylic acids is 1. The standard InChI is InChI=1S/C14H24N2O4S/c1-21(18,19)11-5-2-9(3-6-11)15-14(17)16-12-8-10-4-7-13(12)20-10/h9-13H,2-8H2,1H3,(H2,15,16,17). The number of hydrogen-bond donors (Lipinski definition) is 2. The van der Waals surface area contributed by atoms with E-state index < -0.39 is 9.84 Å². The third kappa shape index (κ3) is 3.51. The van der Waals surface area contributed by atoms with Gasteiger partial charge < -0.3 is 15.4 Å². The molecule has 1 aliphatic carbocycles. The molecular formula is C14H24N2O4S. The van der Waals surface area contributed by atoms with Crippen LogP contribution in [-0.4, -0.2) is 50.2 Å². The fourth-order valence-electron chi connectivity index (χ4n) is 3.82. The Morgan fingerprint density at radius 1 is 1.05 bits per heavy atom. The molecule has 2 bridgehead atoms. The number of amides is 2. The summed E-state index contributed by atoms with van der Waals surface area (Å²) in [5.74, 6) is 0. The summed E-state index contributed by atoms with van der Waals surface area (Å²) in [6, 6.07) is 0.0811. The normalized spacial score (nSPS) is 39.2. The molecule has 0 aromatic heterocycles. The zero-order valence-electron chi connectivity index (χ0n) is 12.4. The van der Waals surface area contributed by atoms with E-state index in [1.54, 1.807) is 0 Å². The summed E-state index contributed by atoms with van der Waals surface area (Å²) in [6.45, 7) is 0. The maximum Gasteiger partial charge on any atom is 0.315 e. The Hall–Kier alpha value is -0.820. The number of fused-ring (bicyclic) bond motifs is 2. The molecule has 3 rings (SSSR count). The van der Waals surface area contributed by atoms with E-state index in [2.05, 4.69) is 10.6 Å². The zero-order chi connectivity index (χ0) is 15.0. The van der Waals surface area contributed by atoms with Crippen LogP contribution in [0.1, 0.15) is 44.9 Å². The van der Waals surface area contributed by atoms with E-state index in [1.807, 2.05) is 0 Å². The topological polar surface area (TPSA) is 84.5 Å². The molecule has 0 spiro atoms. The van der Waals surface area contributed by atoms with Crippen LogP contribution in [0, 0.1) is 0 Å². The van der Waals surface area contributed by atoms with Gasteiger partial charge >= 0.3 is 6.03 Å². The first-order valence-corrected chi connectivity index (χ1v) is 9.78. The van der Waals surface area contributed by atoms with Crippen LogP contribution in [-0.2, 0) is 14.6 Å². The van der Waals surface area contributed by atoms with Crippen molar-refractivity contribution in [2.45, 2.75) is 74.5 Å². The van der Waals surface area contributed by atoms with Gasteiger partial charge in [-0.3, -0.25) is 0 Å². The van der Waals surface area contributed by atoms with E-state index >= 15 is 0 Å². The zero-order valence-corrected chi connectivity index (χ0v) is 13.2. The van der Waals surface area contributed by atoms with E-state index in [1.165, 1.54) is 6.26 Å². The second kappa shape index (κ2) is 5.76. The summed E-state index contributed by atoms with van der Waals surface area (Å²) in [7, 11) is -2.95. The molecule has 3 fully saturated rings. The van der Waals surface area contributed by atoms with Gasteiger partial charge in [0, 0.05) is 12.3 Å². The second-order valence-electron chi connectivity index (χ2n) is 6.64. The lowest BCUT2D eigenvalue weighted by Gasteiger charge is -2.29. The highest BCUT2D eigenvalue weighted by molar-refractivity contribution is 7.91. The van der Waals surface area contributed by atoms with Crippen LogP contribution in [0.2, 0.25) is 0 Å². The van der Waals surface area contributed by atoms with Gasteiger partial charge in [-0.15, -0.1) is 0 Å². The Labute approximate surface area is 125 Å². The minimum Gasteiger partial charge on any atom is -0.373 e. The van der Waals surface area contributed by atoms with Crippen LogP contribution in [0.3, 0.4) is 0 Å². The van der Waals surface area contributed by atoms with Crippen molar-refractivity contribution in [1.29, 1.82) is 0 Å². The summed E-state index contributed by atoms with van der Waals surface area (Å²) < 4.78 is 28.7. The fourth-order valence-corrected chi connectivity index (χ4v) is 4.95. The van der Waals surface area contributed by atoms with Crippen molar-refractivity contribution in [3.05, 3.63) is 0 Å². The minimum atomic E-state index is -2.95. The molecule has 3 aliphatic rings. The van der Waals surface area contributed by atoms with Crippen molar-refractivity contribution >= 4 is 15.9 Å². The molecule has 21 heavy (non-hydrogen) atoms. The Balaban J connectivity index is 1.42. The SMILES string of the molecule is CS(=O)(=O)C1CCC(NC(=O)NC2CC3CCC2O3)CC1. The number of hydrogen-bond acceptors (Lipinski definition) is 4. The third-order valence-electron chi connectivity index (χ3n) is 5.04. The van der Waals surface area contributed by atoms with Gasteiger partial charge in [0.05, 0.1) is 23.5 Å². The Morgan fingerprint density at radius 3 is 2.29 bits per heavy atom. The monoisotopic (exact) mass is 316 g/mol. The van der Waals surface area contributed by atoms with Gasteiger partial charge in [0.15, 0.2) is 0 Å². The predicted molar refractivity (Wildman–Crippen MR) is 78.9 cm³/mol. The van der Waals surface area contributed by atoms with E-state index in [9.17, 15) is 13.2 Å². The van der Waals surface area contributed by atoms with Crippen molar-refractivity contribution in [2.24, 2.45) is 0 Å². The first-order valence-electron chi connectivity index (χ1n) is 7.83. The van der Waals surface area contributed by atoms with Gasteiger partial charge in [0.1, 0.15) is 9.84 Å². The van der Waals surface area contributed by atoms with Crippen molar-refractivity contribution in [1.82, 2.24) is 10.6 Å². The Kier molecular flexibility index (Phi) is 4.14. The fraction of sp³-hybridized carbons (Fsp3) is 0.929. The molecule has 7 heteroatoms. The minimum absolute atomic E-state index is 0.0857. The highest BCUT2D eigenvalue weighted by atomic mass is 32.2. The molecule has 2 aliphatic heterocycles. The Bertz CT molecular complexity index is 499. The number of carbonyl (C=O) groups is 1. The molecule has 2 heterocycles. The molecule has 0 aromatic rings. The van der Waals surface area contributed by atoms with Crippen LogP contribution in [0.15, 0.2) is 0 Å². The van der Waals surface area contributed by atoms with Crippen LogP contribution in [0.25, 0.3) is 0 Å². The highest BCUT2D eigenvalue weighted by Gasteiger charge is 2.41. The average Bonchev–Trinajstić information content (AvgIpc) is 3.00. The number of sulfone groups is 1. The van der Waals surface area contributed by atoms with Crippen molar-refractivity contribution in [2.75, 3.05) is 6.26 Å². The number of ether oxygens (including phenoxy) is 1. The number of rotatable bonds is 3. The first-order chi connectivity index (χ1) is 9.91. The molecule has 2 amide bonds. The maximum absolute atomic E-state index is 12.0. The first kappa shape index (κ1) is 15.1. The molecule has 3 atom stereocenters. The summed E-state index contributed by atoms with van der Waals surface area (Å²) >= 11 is 0. The van der Waals surface area contributed by atoms with E-state index in [0.717, 1.165) is 32.1 Å². The van der Waals surface area contributed by atoms with Crippen molar-refractivity contribution in [3.63, 3.8) is 0 Å². The summed E-state index contributed by atoms with van der Waals surface area (Å²) in [5.41, 5.74) is 0. The molecular weight excluding hydrogens is 292 g/mol. The van der Waals surface area contributed by atoms with Crippen LogP contribution in [0.5, 0.6) is 0 Å². The van der Waals surface area contributed by atoms with Gasteiger partial charge in [0.25, 0.3) is 0 Å². The molecule has 1 saturated carbocycles. The van der Waals surface area contributed by atoms with Crippen LogP contribution < -0.4 is 10.6 Å². The maximum atomic E-state index is 12.0. The lowest BCUT2D eigenvalue weighted by Crippen LogP contribution is -2.50. The molecule has 2 N–H and O–H groups in total. The average molecular weight is 316 g/mol. The van der Waals surface area contributed by atoms with Crippen LogP contribution in [0.4, 0.5) is 4.79 Å². The molecule has 3 unspecified atom stereocenters. The molecule has 0 radical (unpaired) electrons. The van der Waals surface area contributed by atoms with E-state index in [-0.39, 0.29) is 29.5 Å². The smallest absolute Gasteiger partial charge is 0.315 e. The lowest BCUT2D eigenvalue weighted by molar-refractivity contribution is 0.0980. The Morgan fingerprint density at radius 2 is 1.76 bits per heavy atom. The van der Waals surface area contributed by atoms with Crippen molar-refractivity contribution in [3.8, 4) is 0 Å². The van der Waals surface area contributed by atoms with Crippen LogP contribution >= 0.6 is 0 Å². The van der Waals surface area contributed by atoms with Gasteiger partial charge in [-0.25, -0.2) is 13.2 Å². The summed E-state index contributed by atoms with van der Waals surface area (Å²) in [5, 5.41) is 5.74. The number of urea groups is 1. The third-order valence-corrected chi connectivity index (χ3v) is 6.72. The van der Waals surface area contributed by atoms with Gasteiger partial charge in [-0.2, -0.15) is 0 Å². The second-order valence-corrected chi connectivity index (χ2v) is 8.96. The van der Waals surface area contributed by atoms with Crippen molar-refractivity contribution < 1.29 is 17.9 Å². The largest absolute Gasteiger partial charge is 0.373 e. The number of nitrogens with one attached hydrogen (secondary N) is 2. The molecule has 2 saturated heterocycles. The van der Waals surface area contributed by atoms with Gasteiger partial charge in [0.2, 0.25) is 0 Å². The molecule has 0 aromatic carbocycles. The molecule has 6 nitrogen and oxygen atoms in total. The quantitative estimate of drug-likeness (QED) is 0.812. The summed E-state index contributed by atoms with van der Waals surface area (Å²) in [4.78, 5) is 12.0. The molecule has 120 valence electrons. The highest BCUT2D eigenvalue weighted by Crippen LogP contribution is 2.34. The lowest BCUT2D eigenvalue weighted by atomic mass is 9.94.